The van der Waals surface area contributed by atoms with Crippen molar-refractivity contribution in [2.24, 2.45) is 0 Å². The molecule has 0 spiro atoms. The van der Waals surface area contributed by atoms with Crippen LogP contribution in [0.15, 0.2) is 189 Å². The summed E-state index contributed by atoms with van der Waals surface area (Å²) in [5.74, 6) is -1.20. The minimum atomic E-state index is -0.850. The van der Waals surface area contributed by atoms with Gasteiger partial charge in [-0.1, -0.05) is 153 Å². The predicted octanol–water partition coefficient (Wildman–Crippen LogP) is 10.8. The Morgan fingerprint density at radius 1 is 0.491 bits per heavy atom. The first kappa shape index (κ1) is 38.3. The molecule has 6 aromatic carbocycles. The van der Waals surface area contributed by atoms with Crippen molar-refractivity contribution in [3.8, 4) is 33.4 Å². The van der Waals surface area contributed by atoms with Crippen LogP contribution in [-0.2, 0) is 14.2 Å². The Morgan fingerprint density at radius 2 is 0.836 bits per heavy atom. The lowest BCUT2D eigenvalue weighted by molar-refractivity contribution is -0.0295. The minimum absolute atomic E-state index is 0.0331. The van der Waals surface area contributed by atoms with Crippen LogP contribution in [0.4, 0.5) is 0 Å². The molecule has 7 rings (SSSR count). The number of carbonyl (C=O) groups is 3. The summed E-state index contributed by atoms with van der Waals surface area (Å²) in [4.78, 5) is 39.9. The monoisotopic (exact) mass is 744 g/mol. The molecule has 0 N–H and O–H groups in total. The Hall–Kier alpha value is -6.44. The van der Waals surface area contributed by atoms with E-state index in [1.165, 1.54) is 11.8 Å². The first-order chi connectivity index (χ1) is 26.9. The standard InChI is InChI=1S/C44H34O6S.C4H6/c45-42(36-22-16-33(17-23-36)30-10-4-1-5-11-30)48-28-40-41(50-44(47)38-26-20-35(21-27-38)32-14-8-3-9-15-32)39(29-51-40)49-43(46)37-24-18-34(19-25-37)31-12-6-2-7-13-31;1-3-4-2/h1-27,39-41H,28-29H2;3-4H,1-2H2/t39?,40-,41-;/m1./s1. The van der Waals surface area contributed by atoms with E-state index in [2.05, 4.69) is 13.2 Å². The highest BCUT2D eigenvalue weighted by atomic mass is 32.2. The van der Waals surface area contributed by atoms with Crippen LogP contribution in [0.3, 0.4) is 0 Å². The molecule has 0 amide bonds. The maximum absolute atomic E-state index is 13.5. The Balaban J connectivity index is 0.00000123. The average molecular weight is 745 g/mol. The number of hydrogen-bond acceptors (Lipinski definition) is 7. The van der Waals surface area contributed by atoms with Crippen LogP contribution in [0.25, 0.3) is 33.4 Å². The first-order valence-electron chi connectivity index (χ1n) is 17.8. The molecule has 1 saturated heterocycles. The molecule has 0 aromatic heterocycles. The number of ether oxygens (including phenoxy) is 3. The SMILES string of the molecule is C=CC=C.O=C(OC[C@H]1SCC(OC(=O)c2ccc(-c3ccccc3)cc2)[C@H]1OC(=O)c1ccc(-c2ccccc2)cc1)c1ccc(-c2ccccc2)cc1. The molecule has 1 fully saturated rings. The van der Waals surface area contributed by atoms with Gasteiger partial charge < -0.3 is 14.2 Å². The van der Waals surface area contributed by atoms with Crippen LogP contribution in [0.5, 0.6) is 0 Å². The van der Waals surface area contributed by atoms with Gasteiger partial charge in [-0.3, -0.25) is 0 Å². The Labute approximate surface area is 326 Å². The summed E-state index contributed by atoms with van der Waals surface area (Å²) >= 11 is 1.44. The van der Waals surface area contributed by atoms with Gasteiger partial charge in [0.05, 0.1) is 21.9 Å². The van der Waals surface area contributed by atoms with Crippen molar-refractivity contribution in [2.75, 3.05) is 12.4 Å². The van der Waals surface area contributed by atoms with Crippen LogP contribution in [0.1, 0.15) is 31.1 Å². The highest BCUT2D eigenvalue weighted by Crippen LogP contribution is 2.34. The van der Waals surface area contributed by atoms with Crippen LogP contribution in [0, 0.1) is 0 Å². The topological polar surface area (TPSA) is 78.9 Å². The van der Waals surface area contributed by atoms with Crippen molar-refractivity contribution in [3.63, 3.8) is 0 Å². The van der Waals surface area contributed by atoms with Gasteiger partial charge in [-0.15, -0.1) is 11.8 Å². The van der Waals surface area contributed by atoms with E-state index in [1.54, 1.807) is 48.6 Å². The van der Waals surface area contributed by atoms with E-state index in [9.17, 15) is 14.4 Å². The van der Waals surface area contributed by atoms with Crippen LogP contribution in [-0.4, -0.2) is 47.7 Å². The molecule has 1 unspecified atom stereocenters. The van der Waals surface area contributed by atoms with Crippen LogP contribution >= 0.6 is 11.8 Å². The third kappa shape index (κ3) is 10.2. The highest BCUT2D eigenvalue weighted by molar-refractivity contribution is 8.00. The van der Waals surface area contributed by atoms with Gasteiger partial charge >= 0.3 is 17.9 Å². The largest absolute Gasteiger partial charge is 0.461 e. The third-order valence-corrected chi connectivity index (χ3v) is 10.3. The van der Waals surface area contributed by atoms with Crippen molar-refractivity contribution in [1.29, 1.82) is 0 Å². The summed E-state index contributed by atoms with van der Waals surface area (Å²) < 4.78 is 17.8. The lowest BCUT2D eigenvalue weighted by atomic mass is 10.0. The third-order valence-electron chi connectivity index (χ3n) is 8.94. The molecule has 0 aliphatic carbocycles. The summed E-state index contributed by atoms with van der Waals surface area (Å²) in [5, 5.41) is -0.455. The smallest absolute Gasteiger partial charge is 0.338 e. The molecular formula is C48H40O6S. The van der Waals surface area contributed by atoms with Gasteiger partial charge in [0.1, 0.15) is 12.7 Å². The molecule has 1 aliphatic heterocycles. The summed E-state index contributed by atoms with van der Waals surface area (Å²) in [6.45, 7) is 6.69. The number of rotatable bonds is 11. The second-order valence-corrected chi connectivity index (χ2v) is 13.9. The molecule has 3 atom stereocenters. The second-order valence-electron chi connectivity index (χ2n) is 12.6. The maximum atomic E-state index is 13.5. The Morgan fingerprint density at radius 3 is 1.22 bits per heavy atom. The normalized spacial score (nSPS) is 15.7. The first-order valence-corrected chi connectivity index (χ1v) is 18.9. The van der Waals surface area contributed by atoms with Crippen molar-refractivity contribution >= 4 is 29.7 Å². The molecular weight excluding hydrogens is 705 g/mol. The van der Waals surface area contributed by atoms with Crippen LogP contribution in [0.2, 0.25) is 0 Å². The minimum Gasteiger partial charge on any atom is -0.461 e. The van der Waals surface area contributed by atoms with Gasteiger partial charge in [-0.05, 0) is 69.8 Å². The second kappa shape index (κ2) is 19.1. The van der Waals surface area contributed by atoms with E-state index in [1.807, 2.05) is 127 Å². The van der Waals surface area contributed by atoms with Gasteiger partial charge in [0.25, 0.3) is 0 Å². The van der Waals surface area contributed by atoms with Crippen molar-refractivity contribution in [3.05, 3.63) is 206 Å². The van der Waals surface area contributed by atoms with Crippen LogP contribution < -0.4 is 0 Å². The van der Waals surface area contributed by atoms with Gasteiger partial charge in [-0.25, -0.2) is 14.4 Å². The molecule has 1 heterocycles. The molecule has 1 aliphatic rings. The van der Waals surface area contributed by atoms with E-state index < -0.39 is 35.4 Å². The van der Waals surface area contributed by atoms with Gasteiger partial charge in [0.2, 0.25) is 0 Å². The van der Waals surface area contributed by atoms with E-state index in [-0.39, 0.29) is 6.61 Å². The quantitative estimate of drug-likeness (QED) is 0.0742. The lowest BCUT2D eigenvalue weighted by Gasteiger charge is -2.24. The Bertz CT molecular complexity index is 2180. The molecule has 7 heteroatoms. The summed E-state index contributed by atoms with van der Waals surface area (Å²) in [7, 11) is 0. The molecule has 274 valence electrons. The van der Waals surface area contributed by atoms with E-state index in [0.29, 0.717) is 22.4 Å². The van der Waals surface area contributed by atoms with E-state index in [4.69, 9.17) is 14.2 Å². The highest BCUT2D eigenvalue weighted by Gasteiger charge is 2.43. The summed E-state index contributed by atoms with van der Waals surface area (Å²) in [6.07, 6.45) is 1.68. The molecule has 0 radical (unpaired) electrons. The molecule has 0 bridgehead atoms. The predicted molar refractivity (Wildman–Crippen MR) is 221 cm³/mol. The number of esters is 3. The number of allylic oxidation sites excluding steroid dienone is 2. The van der Waals surface area contributed by atoms with Crippen molar-refractivity contribution < 1.29 is 28.6 Å². The van der Waals surface area contributed by atoms with Gasteiger partial charge in [0, 0.05) is 5.75 Å². The van der Waals surface area contributed by atoms with Crippen molar-refractivity contribution in [2.45, 2.75) is 17.5 Å². The lowest BCUT2D eigenvalue weighted by Crippen LogP contribution is -2.39. The van der Waals surface area contributed by atoms with Crippen molar-refractivity contribution in [1.82, 2.24) is 0 Å². The summed E-state index contributed by atoms with van der Waals surface area (Å²) in [6, 6.07) is 51.3. The number of thioether (sulfide) groups is 1. The summed E-state index contributed by atoms with van der Waals surface area (Å²) in [5.41, 5.74) is 7.21. The van der Waals surface area contributed by atoms with Gasteiger partial charge in [0.15, 0.2) is 6.10 Å². The molecule has 6 nitrogen and oxygen atoms in total. The molecule has 55 heavy (non-hydrogen) atoms. The number of benzene rings is 6. The molecule has 0 saturated carbocycles. The van der Waals surface area contributed by atoms with Gasteiger partial charge in [-0.2, -0.15) is 0 Å². The zero-order valence-corrected chi connectivity index (χ0v) is 31.0. The fourth-order valence-electron chi connectivity index (χ4n) is 5.97. The molecule has 6 aromatic rings. The Kier molecular flexibility index (Phi) is 13.3. The van der Waals surface area contributed by atoms with E-state index in [0.717, 1.165) is 33.4 Å². The zero-order chi connectivity index (χ0) is 38.4. The fraction of sp³-hybridized carbons (Fsp3) is 0.104. The number of hydrogen-bond donors (Lipinski definition) is 0. The number of carbonyl (C=O) groups excluding carboxylic acids is 3. The average Bonchev–Trinajstić information content (AvgIpc) is 3.63. The maximum Gasteiger partial charge on any atom is 0.338 e. The fourth-order valence-corrected chi connectivity index (χ4v) is 7.25. The zero-order valence-electron chi connectivity index (χ0n) is 30.2. The van der Waals surface area contributed by atoms with E-state index >= 15 is 0 Å².